The molecule has 0 aliphatic carbocycles. The van der Waals surface area contributed by atoms with Crippen LogP contribution in [0.5, 0.6) is 11.5 Å². The van der Waals surface area contributed by atoms with E-state index in [2.05, 4.69) is 0 Å². The molecule has 0 aromatic heterocycles. The quantitative estimate of drug-likeness (QED) is 0.882. The van der Waals surface area contributed by atoms with Crippen LogP contribution in [0.25, 0.3) is 0 Å². The molecule has 2 N–H and O–H groups in total. The minimum atomic E-state index is -0.289. The Hall–Kier alpha value is -1.58. The van der Waals surface area contributed by atoms with Crippen molar-refractivity contribution in [1.29, 1.82) is 0 Å². The minimum Gasteiger partial charge on any atom is -0.457 e. The lowest BCUT2D eigenvalue weighted by atomic mass is 10.1. The van der Waals surface area contributed by atoms with Crippen LogP contribution in [0.2, 0.25) is 5.02 Å². The number of hydrogen-bond donors (Lipinski definition) is 1. The maximum absolute atomic E-state index is 13.4. The van der Waals surface area contributed by atoms with Crippen LogP contribution in [-0.2, 0) is 6.42 Å². The highest BCUT2D eigenvalue weighted by atomic mass is 35.5. The van der Waals surface area contributed by atoms with Gasteiger partial charge in [0.25, 0.3) is 0 Å². The van der Waals surface area contributed by atoms with Gasteiger partial charge in [0.2, 0.25) is 0 Å². The van der Waals surface area contributed by atoms with Crippen molar-refractivity contribution in [2.75, 3.05) is 0 Å². The Morgan fingerprint density at radius 3 is 2.38 bits per heavy atom. The molecule has 1 unspecified atom stereocenters. The number of halogens is 2. The Kier molecular flexibility index (Phi) is 4.86. The lowest BCUT2D eigenvalue weighted by Crippen LogP contribution is -2.18. The maximum atomic E-state index is 13.4. The van der Waals surface area contributed by atoms with Crippen LogP contribution in [0.3, 0.4) is 0 Å². The van der Waals surface area contributed by atoms with Crippen molar-refractivity contribution in [3.8, 4) is 11.5 Å². The fraction of sp³-hybridized carbons (Fsp3) is 0.294. The van der Waals surface area contributed by atoms with Crippen LogP contribution in [0, 0.1) is 19.7 Å². The fourth-order valence-electron chi connectivity index (χ4n) is 2.32. The Bertz CT molecular complexity index is 632. The van der Waals surface area contributed by atoms with E-state index in [1.165, 1.54) is 12.1 Å². The number of aryl methyl sites for hydroxylation is 2. The van der Waals surface area contributed by atoms with Crippen LogP contribution < -0.4 is 10.5 Å². The van der Waals surface area contributed by atoms with E-state index in [0.717, 1.165) is 22.4 Å². The number of benzene rings is 2. The number of rotatable bonds is 4. The summed E-state index contributed by atoms with van der Waals surface area (Å²) in [5.74, 6) is 1.08. The molecule has 0 spiro atoms. The molecule has 2 rings (SSSR count). The zero-order valence-electron chi connectivity index (χ0n) is 12.4. The zero-order valence-corrected chi connectivity index (χ0v) is 13.2. The molecular weight excluding hydrogens is 289 g/mol. The third-order valence-electron chi connectivity index (χ3n) is 3.20. The second kappa shape index (κ2) is 6.46. The van der Waals surface area contributed by atoms with Gasteiger partial charge in [0.05, 0.1) is 0 Å². The lowest BCUT2D eigenvalue weighted by Gasteiger charge is -2.16. The molecule has 0 radical (unpaired) electrons. The Balaban J connectivity index is 2.40. The Morgan fingerprint density at radius 2 is 1.81 bits per heavy atom. The van der Waals surface area contributed by atoms with Gasteiger partial charge in [-0.3, -0.25) is 0 Å². The summed E-state index contributed by atoms with van der Waals surface area (Å²) in [4.78, 5) is 0. The Morgan fingerprint density at radius 1 is 1.19 bits per heavy atom. The first-order valence-electron chi connectivity index (χ1n) is 6.85. The van der Waals surface area contributed by atoms with Gasteiger partial charge < -0.3 is 10.5 Å². The van der Waals surface area contributed by atoms with Crippen molar-refractivity contribution in [2.45, 2.75) is 33.2 Å². The summed E-state index contributed by atoms with van der Waals surface area (Å²) in [6.07, 6.45) is 0.554. The van der Waals surface area contributed by atoms with Crippen LogP contribution in [0.1, 0.15) is 23.6 Å². The van der Waals surface area contributed by atoms with E-state index in [0.29, 0.717) is 17.2 Å². The van der Waals surface area contributed by atoms with Gasteiger partial charge in [-0.15, -0.1) is 0 Å². The van der Waals surface area contributed by atoms with Crippen LogP contribution in [-0.4, -0.2) is 6.04 Å². The van der Waals surface area contributed by atoms with Crippen LogP contribution in [0.4, 0.5) is 4.39 Å². The molecule has 0 bridgehead atoms. The molecule has 0 saturated carbocycles. The highest BCUT2D eigenvalue weighted by Crippen LogP contribution is 2.33. The standard InChI is InChI=1S/C17H19ClFNO/c1-10-6-14(18)7-11(2)17(10)21-16-5-4-15(19)9-13(16)8-12(3)20/h4-7,9,12H,8,20H2,1-3H3. The van der Waals surface area contributed by atoms with Gasteiger partial charge in [-0.1, -0.05) is 11.6 Å². The highest BCUT2D eigenvalue weighted by Gasteiger charge is 2.12. The van der Waals surface area contributed by atoms with Gasteiger partial charge in [-0.2, -0.15) is 0 Å². The van der Waals surface area contributed by atoms with E-state index in [-0.39, 0.29) is 11.9 Å². The summed E-state index contributed by atoms with van der Waals surface area (Å²) in [6.45, 7) is 5.75. The van der Waals surface area contributed by atoms with Gasteiger partial charge in [-0.05, 0) is 74.2 Å². The van der Waals surface area contributed by atoms with Crippen molar-refractivity contribution < 1.29 is 9.13 Å². The van der Waals surface area contributed by atoms with Gasteiger partial charge in [0.1, 0.15) is 17.3 Å². The highest BCUT2D eigenvalue weighted by molar-refractivity contribution is 6.30. The van der Waals surface area contributed by atoms with Crippen LogP contribution >= 0.6 is 11.6 Å². The molecule has 1 atom stereocenters. The molecule has 0 fully saturated rings. The predicted octanol–water partition coefficient (Wildman–Crippen LogP) is 4.78. The summed E-state index contributed by atoms with van der Waals surface area (Å²) in [6, 6.07) is 8.12. The van der Waals surface area contributed by atoms with E-state index in [1.54, 1.807) is 6.07 Å². The number of nitrogens with two attached hydrogens (primary N) is 1. The second-order valence-corrected chi connectivity index (χ2v) is 5.84. The van der Waals surface area contributed by atoms with Crippen molar-refractivity contribution in [3.63, 3.8) is 0 Å². The van der Waals surface area contributed by atoms with E-state index >= 15 is 0 Å². The van der Waals surface area contributed by atoms with Gasteiger partial charge in [0.15, 0.2) is 0 Å². The average Bonchev–Trinajstić information content (AvgIpc) is 2.35. The van der Waals surface area contributed by atoms with E-state index in [4.69, 9.17) is 22.1 Å². The SMILES string of the molecule is Cc1cc(Cl)cc(C)c1Oc1ccc(F)cc1CC(C)N. The summed E-state index contributed by atoms with van der Waals surface area (Å²) in [5, 5.41) is 0.673. The lowest BCUT2D eigenvalue weighted by molar-refractivity contribution is 0.464. The summed E-state index contributed by atoms with van der Waals surface area (Å²) < 4.78 is 19.4. The second-order valence-electron chi connectivity index (χ2n) is 5.40. The third kappa shape index (κ3) is 3.96. The first kappa shape index (κ1) is 15.8. The third-order valence-corrected chi connectivity index (χ3v) is 3.42. The molecule has 0 amide bonds. The van der Waals surface area contributed by atoms with Gasteiger partial charge in [-0.25, -0.2) is 4.39 Å². The summed E-state index contributed by atoms with van der Waals surface area (Å²) >= 11 is 6.02. The zero-order chi connectivity index (χ0) is 15.6. The molecule has 2 aromatic carbocycles. The monoisotopic (exact) mass is 307 g/mol. The number of ether oxygens (including phenoxy) is 1. The molecule has 112 valence electrons. The summed E-state index contributed by atoms with van der Waals surface area (Å²) in [7, 11) is 0. The van der Waals surface area contributed by atoms with Crippen molar-refractivity contribution in [3.05, 3.63) is 57.9 Å². The first-order chi connectivity index (χ1) is 9.86. The summed E-state index contributed by atoms with van der Waals surface area (Å²) in [5.41, 5.74) is 8.47. The smallest absolute Gasteiger partial charge is 0.133 e. The van der Waals surface area contributed by atoms with E-state index < -0.39 is 0 Å². The molecule has 2 nitrogen and oxygen atoms in total. The predicted molar refractivity (Wildman–Crippen MR) is 84.8 cm³/mol. The fourth-order valence-corrected chi connectivity index (χ4v) is 2.65. The normalized spacial score (nSPS) is 12.3. The van der Waals surface area contributed by atoms with Crippen LogP contribution in [0.15, 0.2) is 30.3 Å². The van der Waals surface area contributed by atoms with Crippen molar-refractivity contribution in [1.82, 2.24) is 0 Å². The minimum absolute atomic E-state index is 0.0680. The molecule has 0 saturated heterocycles. The molecule has 0 heterocycles. The molecular formula is C17H19ClFNO. The number of hydrogen-bond acceptors (Lipinski definition) is 2. The molecule has 4 heteroatoms. The first-order valence-corrected chi connectivity index (χ1v) is 7.23. The van der Waals surface area contributed by atoms with Gasteiger partial charge in [0, 0.05) is 11.1 Å². The molecule has 0 aliphatic heterocycles. The Labute approximate surface area is 129 Å². The topological polar surface area (TPSA) is 35.2 Å². The largest absolute Gasteiger partial charge is 0.457 e. The molecule has 0 aliphatic rings. The van der Waals surface area contributed by atoms with Crippen molar-refractivity contribution in [2.24, 2.45) is 5.73 Å². The van der Waals surface area contributed by atoms with E-state index in [1.807, 2.05) is 32.9 Å². The van der Waals surface area contributed by atoms with Crippen molar-refractivity contribution >= 4 is 11.6 Å². The van der Waals surface area contributed by atoms with E-state index in [9.17, 15) is 4.39 Å². The van der Waals surface area contributed by atoms with Gasteiger partial charge >= 0.3 is 0 Å². The molecule has 21 heavy (non-hydrogen) atoms. The average molecular weight is 308 g/mol. The molecule has 2 aromatic rings. The maximum Gasteiger partial charge on any atom is 0.133 e.